The zero-order chi connectivity index (χ0) is 10.7. The monoisotopic (exact) mass is 207 g/mol. The molecule has 0 fully saturated rings. The van der Waals surface area contributed by atoms with Gasteiger partial charge in [-0.15, -0.1) is 12.6 Å². The molecule has 0 aliphatic rings. The third kappa shape index (κ3) is 1.88. The van der Waals surface area contributed by atoms with Gasteiger partial charge in [-0.3, -0.25) is 0 Å². The van der Waals surface area contributed by atoms with Gasteiger partial charge in [-0.2, -0.15) is 5.26 Å². The SMILES string of the molecule is CCc1cc(C#N)c(S)cc1C(=O)O. The molecule has 0 heterocycles. The van der Waals surface area contributed by atoms with Gasteiger partial charge in [0.15, 0.2) is 0 Å². The summed E-state index contributed by atoms with van der Waals surface area (Å²) in [6, 6.07) is 4.96. The van der Waals surface area contributed by atoms with Crippen molar-refractivity contribution in [3.8, 4) is 6.07 Å². The van der Waals surface area contributed by atoms with E-state index in [0.29, 0.717) is 22.4 Å². The van der Waals surface area contributed by atoms with E-state index < -0.39 is 5.97 Å². The number of benzene rings is 1. The average molecular weight is 207 g/mol. The van der Waals surface area contributed by atoms with Gasteiger partial charge in [0, 0.05) is 4.90 Å². The van der Waals surface area contributed by atoms with Crippen LogP contribution < -0.4 is 0 Å². The minimum absolute atomic E-state index is 0.219. The lowest BCUT2D eigenvalue weighted by molar-refractivity contribution is 0.0695. The summed E-state index contributed by atoms with van der Waals surface area (Å²) < 4.78 is 0. The Kier molecular flexibility index (Phi) is 3.15. The second-order valence-corrected chi connectivity index (χ2v) is 3.28. The van der Waals surface area contributed by atoms with Crippen molar-refractivity contribution >= 4 is 18.6 Å². The Balaban J connectivity index is 3.41. The molecular formula is C10H9NO2S. The first kappa shape index (κ1) is 10.6. The molecule has 0 atom stereocenters. The Morgan fingerprint density at radius 3 is 2.71 bits per heavy atom. The van der Waals surface area contributed by atoms with Crippen LogP contribution in [0.5, 0.6) is 0 Å². The zero-order valence-corrected chi connectivity index (χ0v) is 8.51. The Bertz CT molecular complexity index is 421. The number of carbonyl (C=O) groups is 1. The van der Waals surface area contributed by atoms with Crippen LogP contribution in [0, 0.1) is 11.3 Å². The van der Waals surface area contributed by atoms with Crippen molar-refractivity contribution in [2.75, 3.05) is 0 Å². The second-order valence-electron chi connectivity index (χ2n) is 2.80. The summed E-state index contributed by atoms with van der Waals surface area (Å²) in [5.74, 6) is -0.985. The molecule has 72 valence electrons. The van der Waals surface area contributed by atoms with Crippen LogP contribution in [0.25, 0.3) is 0 Å². The average Bonchev–Trinajstić information content (AvgIpc) is 2.17. The molecule has 0 bridgehead atoms. The van der Waals surface area contributed by atoms with Crippen LogP contribution in [0.2, 0.25) is 0 Å². The molecule has 0 saturated heterocycles. The first-order chi connectivity index (χ1) is 6.60. The fourth-order valence-corrected chi connectivity index (χ4v) is 1.46. The maximum Gasteiger partial charge on any atom is 0.336 e. The molecule has 0 radical (unpaired) electrons. The molecule has 0 spiro atoms. The van der Waals surface area contributed by atoms with Gasteiger partial charge in [0.05, 0.1) is 11.1 Å². The molecule has 0 aliphatic carbocycles. The van der Waals surface area contributed by atoms with E-state index in [1.165, 1.54) is 6.07 Å². The van der Waals surface area contributed by atoms with Crippen molar-refractivity contribution in [2.24, 2.45) is 0 Å². The molecule has 0 unspecified atom stereocenters. The minimum atomic E-state index is -0.985. The van der Waals surface area contributed by atoms with Crippen molar-refractivity contribution < 1.29 is 9.90 Å². The summed E-state index contributed by atoms with van der Waals surface area (Å²) in [4.78, 5) is 11.2. The molecule has 1 rings (SSSR count). The Labute approximate surface area is 87.4 Å². The van der Waals surface area contributed by atoms with E-state index >= 15 is 0 Å². The van der Waals surface area contributed by atoms with E-state index in [1.807, 2.05) is 13.0 Å². The van der Waals surface area contributed by atoms with Gasteiger partial charge in [0.2, 0.25) is 0 Å². The van der Waals surface area contributed by atoms with Gasteiger partial charge in [-0.25, -0.2) is 4.79 Å². The lowest BCUT2D eigenvalue weighted by Gasteiger charge is -2.05. The third-order valence-corrected chi connectivity index (χ3v) is 2.32. The molecule has 1 N–H and O–H groups in total. The molecule has 1 aromatic carbocycles. The third-order valence-electron chi connectivity index (χ3n) is 1.95. The number of rotatable bonds is 2. The number of hydrogen-bond donors (Lipinski definition) is 2. The van der Waals surface area contributed by atoms with E-state index in [1.54, 1.807) is 6.07 Å². The van der Waals surface area contributed by atoms with E-state index in [-0.39, 0.29) is 5.56 Å². The lowest BCUT2D eigenvalue weighted by atomic mass is 10.0. The van der Waals surface area contributed by atoms with Gasteiger partial charge in [-0.05, 0) is 24.1 Å². The zero-order valence-electron chi connectivity index (χ0n) is 7.61. The van der Waals surface area contributed by atoms with Crippen LogP contribution in [0.1, 0.15) is 28.4 Å². The summed E-state index contributed by atoms with van der Waals surface area (Å²) in [6.45, 7) is 1.85. The van der Waals surface area contributed by atoms with E-state index in [0.717, 1.165) is 0 Å². The van der Waals surface area contributed by atoms with Crippen molar-refractivity contribution in [3.63, 3.8) is 0 Å². The molecule has 0 saturated carbocycles. The molecule has 0 amide bonds. The molecule has 1 aromatic rings. The second kappa shape index (κ2) is 4.16. The number of nitriles is 1. The minimum Gasteiger partial charge on any atom is -0.478 e. The van der Waals surface area contributed by atoms with Crippen molar-refractivity contribution in [2.45, 2.75) is 18.2 Å². The Morgan fingerprint density at radius 1 is 1.64 bits per heavy atom. The van der Waals surface area contributed by atoms with Gasteiger partial charge in [0.25, 0.3) is 0 Å². The van der Waals surface area contributed by atoms with Crippen LogP contribution in [-0.4, -0.2) is 11.1 Å². The lowest BCUT2D eigenvalue weighted by Crippen LogP contribution is -2.02. The first-order valence-corrected chi connectivity index (χ1v) is 4.54. The number of aryl methyl sites for hydroxylation is 1. The predicted molar refractivity (Wildman–Crippen MR) is 54.7 cm³/mol. The predicted octanol–water partition coefficient (Wildman–Crippen LogP) is 2.11. The van der Waals surface area contributed by atoms with Crippen molar-refractivity contribution in [1.82, 2.24) is 0 Å². The van der Waals surface area contributed by atoms with Gasteiger partial charge >= 0.3 is 5.97 Å². The van der Waals surface area contributed by atoms with Gasteiger partial charge < -0.3 is 5.11 Å². The number of carboxylic acid groups (broad SMARTS) is 1. The highest BCUT2D eigenvalue weighted by Crippen LogP contribution is 2.20. The molecule has 4 heteroatoms. The number of thiol groups is 1. The summed E-state index contributed by atoms with van der Waals surface area (Å²) >= 11 is 4.04. The summed E-state index contributed by atoms with van der Waals surface area (Å²) in [6.07, 6.45) is 0.588. The normalized spacial score (nSPS) is 9.50. The van der Waals surface area contributed by atoms with Gasteiger partial charge in [-0.1, -0.05) is 6.92 Å². The molecule has 0 aliphatic heterocycles. The van der Waals surface area contributed by atoms with Crippen molar-refractivity contribution in [1.29, 1.82) is 5.26 Å². The molecular weight excluding hydrogens is 198 g/mol. The smallest absolute Gasteiger partial charge is 0.336 e. The summed E-state index contributed by atoms with van der Waals surface area (Å²) in [7, 11) is 0. The number of nitrogens with zero attached hydrogens (tertiary/aromatic N) is 1. The highest BCUT2D eigenvalue weighted by Gasteiger charge is 2.11. The molecule has 0 aromatic heterocycles. The standard InChI is InChI=1S/C10H9NO2S/c1-2-6-3-7(5-11)9(14)4-8(6)10(12)13/h3-4,14H,2H2,1H3,(H,12,13). The fourth-order valence-electron chi connectivity index (χ4n) is 1.21. The number of carboxylic acids is 1. The highest BCUT2D eigenvalue weighted by molar-refractivity contribution is 7.80. The first-order valence-electron chi connectivity index (χ1n) is 4.09. The molecule has 3 nitrogen and oxygen atoms in total. The number of hydrogen-bond acceptors (Lipinski definition) is 3. The van der Waals surface area contributed by atoms with Gasteiger partial charge in [0.1, 0.15) is 6.07 Å². The van der Waals surface area contributed by atoms with Crippen LogP contribution in [0.4, 0.5) is 0 Å². The summed E-state index contributed by atoms with van der Waals surface area (Å²) in [5.41, 5.74) is 1.29. The Hall–Kier alpha value is -1.47. The maximum atomic E-state index is 10.8. The summed E-state index contributed by atoms with van der Waals surface area (Å²) in [5, 5.41) is 17.6. The topological polar surface area (TPSA) is 61.1 Å². The maximum absolute atomic E-state index is 10.8. The van der Waals surface area contributed by atoms with E-state index in [9.17, 15) is 4.79 Å². The number of aromatic carboxylic acids is 1. The fraction of sp³-hybridized carbons (Fsp3) is 0.200. The van der Waals surface area contributed by atoms with Crippen LogP contribution in [0.3, 0.4) is 0 Å². The van der Waals surface area contributed by atoms with E-state index in [4.69, 9.17) is 10.4 Å². The Morgan fingerprint density at radius 2 is 2.29 bits per heavy atom. The highest BCUT2D eigenvalue weighted by atomic mass is 32.1. The quantitative estimate of drug-likeness (QED) is 0.730. The van der Waals surface area contributed by atoms with Crippen LogP contribution in [-0.2, 0) is 6.42 Å². The molecule has 14 heavy (non-hydrogen) atoms. The van der Waals surface area contributed by atoms with Crippen molar-refractivity contribution in [3.05, 3.63) is 28.8 Å². The van der Waals surface area contributed by atoms with E-state index in [2.05, 4.69) is 12.6 Å². The largest absolute Gasteiger partial charge is 0.478 e. The van der Waals surface area contributed by atoms with Crippen LogP contribution in [0.15, 0.2) is 17.0 Å². The van der Waals surface area contributed by atoms with Crippen LogP contribution >= 0.6 is 12.6 Å².